The zero-order valence-electron chi connectivity index (χ0n) is 11.2. The first-order valence-corrected chi connectivity index (χ1v) is 8.30. The minimum absolute atomic E-state index is 0.0432. The van der Waals surface area contributed by atoms with Crippen LogP contribution in [0.2, 0.25) is 0 Å². The molecule has 0 radical (unpaired) electrons. The summed E-state index contributed by atoms with van der Waals surface area (Å²) in [7, 11) is -3.04. The Balaban J connectivity index is 2.64. The number of hydrogen-bond acceptors (Lipinski definition) is 3. The number of nitrogens with two attached hydrogens (primary N) is 1. The van der Waals surface area contributed by atoms with Crippen LogP contribution in [0.3, 0.4) is 0 Å². The van der Waals surface area contributed by atoms with Crippen molar-refractivity contribution in [3.8, 4) is 0 Å². The van der Waals surface area contributed by atoms with E-state index in [0.717, 1.165) is 30.4 Å². The first kappa shape index (κ1) is 15.2. The van der Waals surface area contributed by atoms with Crippen molar-refractivity contribution in [3.05, 3.63) is 35.4 Å². The van der Waals surface area contributed by atoms with Crippen molar-refractivity contribution in [1.82, 2.24) is 0 Å². The minimum Gasteiger partial charge on any atom is -0.323 e. The van der Waals surface area contributed by atoms with Gasteiger partial charge in [-0.05, 0) is 24.5 Å². The van der Waals surface area contributed by atoms with Gasteiger partial charge in [-0.1, -0.05) is 44.0 Å². The van der Waals surface area contributed by atoms with E-state index >= 15 is 0 Å². The molecule has 1 aromatic rings. The van der Waals surface area contributed by atoms with Gasteiger partial charge in [0.2, 0.25) is 0 Å². The van der Waals surface area contributed by atoms with Crippen LogP contribution >= 0.6 is 0 Å². The van der Waals surface area contributed by atoms with E-state index in [9.17, 15) is 8.42 Å². The average molecular weight is 269 g/mol. The van der Waals surface area contributed by atoms with E-state index in [-0.39, 0.29) is 11.5 Å². The molecule has 0 saturated carbocycles. The van der Waals surface area contributed by atoms with Crippen molar-refractivity contribution >= 4 is 9.84 Å². The second kappa shape index (κ2) is 6.90. The zero-order chi connectivity index (χ0) is 13.6. The lowest BCUT2D eigenvalue weighted by molar-refractivity contribution is 0.583. The lowest BCUT2D eigenvalue weighted by Crippen LogP contribution is -2.24. The maximum Gasteiger partial charge on any atom is 0.152 e. The van der Waals surface area contributed by atoms with Gasteiger partial charge in [-0.15, -0.1) is 0 Å². The van der Waals surface area contributed by atoms with Gasteiger partial charge < -0.3 is 5.73 Å². The Bertz CT molecular complexity index is 468. The molecule has 0 aliphatic rings. The molecule has 0 aliphatic carbocycles. The monoisotopic (exact) mass is 269 g/mol. The van der Waals surface area contributed by atoms with Gasteiger partial charge in [0.25, 0.3) is 0 Å². The molecule has 1 unspecified atom stereocenters. The number of benzene rings is 1. The van der Waals surface area contributed by atoms with E-state index in [0.29, 0.717) is 0 Å². The van der Waals surface area contributed by atoms with E-state index < -0.39 is 15.9 Å². The molecule has 0 fully saturated rings. The van der Waals surface area contributed by atoms with E-state index in [4.69, 9.17) is 5.73 Å². The first-order valence-electron chi connectivity index (χ1n) is 6.48. The molecule has 1 atom stereocenters. The average Bonchev–Trinajstić information content (AvgIpc) is 2.29. The van der Waals surface area contributed by atoms with E-state index in [1.807, 2.05) is 31.2 Å². The SMILES string of the molecule is CCCCCS(=O)(=O)CC(N)c1ccccc1C. The van der Waals surface area contributed by atoms with Crippen LogP contribution < -0.4 is 5.73 Å². The first-order chi connectivity index (χ1) is 8.46. The fraction of sp³-hybridized carbons (Fsp3) is 0.571. The Morgan fingerprint density at radius 2 is 1.89 bits per heavy atom. The van der Waals surface area contributed by atoms with E-state index in [2.05, 4.69) is 6.92 Å². The summed E-state index contributed by atoms with van der Waals surface area (Å²) < 4.78 is 23.8. The summed E-state index contributed by atoms with van der Waals surface area (Å²) in [6, 6.07) is 7.27. The van der Waals surface area contributed by atoms with Crippen LogP contribution in [0, 0.1) is 6.92 Å². The van der Waals surface area contributed by atoms with Gasteiger partial charge in [-0.3, -0.25) is 0 Å². The molecular weight excluding hydrogens is 246 g/mol. The summed E-state index contributed by atoms with van der Waals surface area (Å²) in [5.41, 5.74) is 7.98. The summed E-state index contributed by atoms with van der Waals surface area (Å²) in [6.07, 6.45) is 2.72. The fourth-order valence-corrected chi connectivity index (χ4v) is 3.56. The minimum atomic E-state index is -3.04. The molecule has 0 aromatic heterocycles. The normalized spacial score (nSPS) is 13.5. The standard InChI is InChI=1S/C14H23NO2S/c1-3-4-7-10-18(16,17)11-14(15)13-9-6-5-8-12(13)2/h5-6,8-9,14H,3-4,7,10-11,15H2,1-2H3. The third-order valence-corrected chi connectivity index (χ3v) is 4.86. The molecule has 102 valence electrons. The Morgan fingerprint density at radius 3 is 2.50 bits per heavy atom. The van der Waals surface area contributed by atoms with Crippen LogP contribution in [-0.2, 0) is 9.84 Å². The molecule has 0 bridgehead atoms. The number of hydrogen-bond donors (Lipinski definition) is 1. The lowest BCUT2D eigenvalue weighted by atomic mass is 10.0. The second-order valence-corrected chi connectivity index (χ2v) is 7.01. The molecule has 2 N–H and O–H groups in total. The van der Waals surface area contributed by atoms with E-state index in [1.165, 1.54) is 0 Å². The van der Waals surface area contributed by atoms with Crippen molar-refractivity contribution in [3.63, 3.8) is 0 Å². The Hall–Kier alpha value is -0.870. The molecule has 0 saturated heterocycles. The number of sulfone groups is 1. The topological polar surface area (TPSA) is 60.2 Å². The van der Waals surface area contributed by atoms with Gasteiger partial charge in [-0.25, -0.2) is 8.42 Å². The second-order valence-electron chi connectivity index (χ2n) is 4.78. The maximum absolute atomic E-state index is 11.9. The van der Waals surface area contributed by atoms with Crippen LogP contribution in [0.25, 0.3) is 0 Å². The highest BCUT2D eigenvalue weighted by Gasteiger charge is 2.18. The fourth-order valence-electron chi connectivity index (χ4n) is 2.02. The number of rotatable bonds is 7. The molecule has 0 amide bonds. The quantitative estimate of drug-likeness (QED) is 0.774. The largest absolute Gasteiger partial charge is 0.323 e. The molecular formula is C14H23NO2S. The van der Waals surface area contributed by atoms with Crippen molar-refractivity contribution in [2.45, 2.75) is 39.2 Å². The smallest absolute Gasteiger partial charge is 0.152 e. The van der Waals surface area contributed by atoms with Crippen LogP contribution in [0.5, 0.6) is 0 Å². The molecule has 0 heterocycles. The molecule has 18 heavy (non-hydrogen) atoms. The highest BCUT2D eigenvalue weighted by Crippen LogP contribution is 2.17. The molecule has 0 spiro atoms. The Kier molecular flexibility index (Phi) is 5.82. The third-order valence-electron chi connectivity index (χ3n) is 3.08. The zero-order valence-corrected chi connectivity index (χ0v) is 12.0. The van der Waals surface area contributed by atoms with Gasteiger partial charge in [0.1, 0.15) is 0 Å². The van der Waals surface area contributed by atoms with Crippen molar-refractivity contribution in [2.24, 2.45) is 5.73 Å². The highest BCUT2D eigenvalue weighted by molar-refractivity contribution is 7.91. The summed E-state index contributed by atoms with van der Waals surface area (Å²) in [4.78, 5) is 0. The predicted molar refractivity (Wildman–Crippen MR) is 76.3 cm³/mol. The number of aryl methyl sites for hydroxylation is 1. The Labute approximate surface area is 110 Å². The summed E-state index contributed by atoms with van der Waals surface area (Å²) in [5, 5.41) is 0. The van der Waals surface area contributed by atoms with Crippen molar-refractivity contribution in [1.29, 1.82) is 0 Å². The third kappa shape index (κ3) is 4.78. The summed E-state index contributed by atoms with van der Waals surface area (Å²) in [5.74, 6) is 0.294. The van der Waals surface area contributed by atoms with Gasteiger partial charge in [-0.2, -0.15) is 0 Å². The summed E-state index contributed by atoms with van der Waals surface area (Å²) >= 11 is 0. The van der Waals surface area contributed by atoms with Crippen molar-refractivity contribution in [2.75, 3.05) is 11.5 Å². The van der Waals surface area contributed by atoms with Crippen LogP contribution in [0.15, 0.2) is 24.3 Å². The lowest BCUT2D eigenvalue weighted by Gasteiger charge is -2.14. The Morgan fingerprint density at radius 1 is 1.22 bits per heavy atom. The van der Waals surface area contributed by atoms with Gasteiger partial charge in [0, 0.05) is 6.04 Å². The maximum atomic E-state index is 11.9. The van der Waals surface area contributed by atoms with Crippen molar-refractivity contribution < 1.29 is 8.42 Å². The van der Waals surface area contributed by atoms with Gasteiger partial charge in [0.15, 0.2) is 9.84 Å². The molecule has 3 nitrogen and oxygen atoms in total. The summed E-state index contributed by atoms with van der Waals surface area (Å²) in [6.45, 7) is 4.02. The molecule has 1 rings (SSSR count). The number of unbranched alkanes of at least 4 members (excludes halogenated alkanes) is 2. The van der Waals surface area contributed by atoms with Gasteiger partial charge >= 0.3 is 0 Å². The molecule has 4 heteroatoms. The molecule has 1 aromatic carbocycles. The highest BCUT2D eigenvalue weighted by atomic mass is 32.2. The van der Waals surface area contributed by atoms with Crippen LogP contribution in [-0.4, -0.2) is 19.9 Å². The van der Waals surface area contributed by atoms with Crippen LogP contribution in [0.4, 0.5) is 0 Å². The molecule has 0 aliphatic heterocycles. The predicted octanol–water partition coefficient (Wildman–Crippen LogP) is 2.60. The van der Waals surface area contributed by atoms with Gasteiger partial charge in [0.05, 0.1) is 11.5 Å². The van der Waals surface area contributed by atoms with Crippen LogP contribution in [0.1, 0.15) is 43.4 Å². The van der Waals surface area contributed by atoms with E-state index in [1.54, 1.807) is 0 Å².